The summed E-state index contributed by atoms with van der Waals surface area (Å²) in [4.78, 5) is 0. The number of rotatable bonds is 3. The van der Waals surface area contributed by atoms with E-state index < -0.39 is 0 Å². The lowest BCUT2D eigenvalue weighted by Gasteiger charge is -2.42. The normalized spacial score (nSPS) is 36.4. The lowest BCUT2D eigenvalue weighted by molar-refractivity contribution is 0.0101. The van der Waals surface area contributed by atoms with Gasteiger partial charge in [0.15, 0.2) is 0 Å². The van der Waals surface area contributed by atoms with Crippen molar-refractivity contribution in [2.45, 2.75) is 45.1 Å². The predicted molar refractivity (Wildman–Crippen MR) is 58.0 cm³/mol. The van der Waals surface area contributed by atoms with Gasteiger partial charge in [-0.25, -0.2) is 0 Å². The summed E-state index contributed by atoms with van der Waals surface area (Å²) in [6, 6.07) is 0.399. The molecule has 0 aromatic rings. The first-order valence-electron chi connectivity index (χ1n) is 6.09. The molecule has 1 saturated carbocycles. The van der Waals surface area contributed by atoms with Gasteiger partial charge in [-0.2, -0.15) is 0 Å². The Bertz CT molecular complexity index is 169. The molecule has 0 amide bonds. The fourth-order valence-electron chi connectivity index (χ4n) is 3.08. The first-order chi connectivity index (χ1) is 6.75. The van der Waals surface area contributed by atoms with Gasteiger partial charge in [-0.3, -0.25) is 0 Å². The van der Waals surface area contributed by atoms with E-state index >= 15 is 0 Å². The molecule has 2 aliphatic rings. The zero-order valence-corrected chi connectivity index (χ0v) is 9.24. The van der Waals surface area contributed by atoms with Gasteiger partial charge in [0.2, 0.25) is 0 Å². The zero-order valence-electron chi connectivity index (χ0n) is 9.24. The summed E-state index contributed by atoms with van der Waals surface area (Å²) in [5.41, 5.74) is 5.81. The molecule has 0 spiro atoms. The van der Waals surface area contributed by atoms with E-state index in [0.29, 0.717) is 6.04 Å². The fourth-order valence-corrected chi connectivity index (χ4v) is 3.08. The maximum Gasteiger partial charge on any atom is 0.0468 e. The van der Waals surface area contributed by atoms with Gasteiger partial charge in [0, 0.05) is 19.3 Å². The highest BCUT2D eigenvalue weighted by Crippen LogP contribution is 2.44. The van der Waals surface area contributed by atoms with E-state index in [2.05, 4.69) is 6.92 Å². The van der Waals surface area contributed by atoms with E-state index in [1.807, 2.05) is 0 Å². The monoisotopic (exact) mass is 197 g/mol. The van der Waals surface area contributed by atoms with Crippen LogP contribution in [-0.4, -0.2) is 19.3 Å². The van der Waals surface area contributed by atoms with Crippen LogP contribution >= 0.6 is 0 Å². The molecule has 1 aliphatic carbocycles. The molecule has 0 radical (unpaired) electrons. The lowest BCUT2D eigenvalue weighted by atomic mass is 9.65. The van der Waals surface area contributed by atoms with Crippen molar-refractivity contribution in [1.82, 2.24) is 0 Å². The highest BCUT2D eigenvalue weighted by atomic mass is 16.5. The summed E-state index contributed by atoms with van der Waals surface area (Å²) in [5, 5.41) is 0. The van der Waals surface area contributed by atoms with Crippen LogP contribution in [0.25, 0.3) is 0 Å². The molecule has 1 aliphatic heterocycles. The van der Waals surface area contributed by atoms with Gasteiger partial charge >= 0.3 is 0 Å². The summed E-state index contributed by atoms with van der Waals surface area (Å²) in [7, 11) is 0. The Kier molecular flexibility index (Phi) is 3.45. The molecule has 14 heavy (non-hydrogen) atoms. The maximum atomic E-state index is 5.81. The zero-order chi connectivity index (χ0) is 9.97. The third kappa shape index (κ3) is 2.48. The lowest BCUT2D eigenvalue weighted by Crippen LogP contribution is -2.35. The quantitative estimate of drug-likeness (QED) is 0.752. The van der Waals surface area contributed by atoms with Crippen LogP contribution in [0.5, 0.6) is 0 Å². The summed E-state index contributed by atoms with van der Waals surface area (Å²) in [5.74, 6) is 2.90. The van der Waals surface area contributed by atoms with Gasteiger partial charge < -0.3 is 10.5 Å². The van der Waals surface area contributed by atoms with Crippen LogP contribution < -0.4 is 5.73 Å². The Morgan fingerprint density at radius 1 is 1.21 bits per heavy atom. The van der Waals surface area contributed by atoms with Crippen LogP contribution in [0, 0.1) is 17.8 Å². The van der Waals surface area contributed by atoms with Crippen LogP contribution in [0.2, 0.25) is 0 Å². The Hall–Kier alpha value is -0.0800. The number of ether oxygens (including phenoxy) is 1. The van der Waals surface area contributed by atoms with E-state index in [9.17, 15) is 0 Å². The van der Waals surface area contributed by atoms with Crippen molar-refractivity contribution in [1.29, 1.82) is 0 Å². The van der Waals surface area contributed by atoms with Crippen molar-refractivity contribution < 1.29 is 4.74 Å². The minimum Gasteiger partial charge on any atom is -0.381 e. The first kappa shape index (κ1) is 10.4. The molecule has 1 unspecified atom stereocenters. The molecule has 1 atom stereocenters. The average Bonchev–Trinajstić information content (AvgIpc) is 2.12. The molecule has 2 nitrogen and oxygen atoms in total. The maximum absolute atomic E-state index is 5.81. The van der Waals surface area contributed by atoms with Crippen LogP contribution in [0.15, 0.2) is 0 Å². The van der Waals surface area contributed by atoms with Crippen molar-refractivity contribution in [3.63, 3.8) is 0 Å². The first-order valence-corrected chi connectivity index (χ1v) is 6.09. The molecule has 2 N–H and O–H groups in total. The van der Waals surface area contributed by atoms with E-state index in [-0.39, 0.29) is 0 Å². The van der Waals surface area contributed by atoms with E-state index in [1.54, 1.807) is 0 Å². The highest BCUT2D eigenvalue weighted by Gasteiger charge is 2.35. The molecular formula is C12H23NO. The number of hydrogen-bond donors (Lipinski definition) is 1. The van der Waals surface area contributed by atoms with Crippen LogP contribution in [0.1, 0.15) is 39.0 Å². The molecule has 1 saturated heterocycles. The summed E-state index contributed by atoms with van der Waals surface area (Å²) >= 11 is 0. The van der Waals surface area contributed by atoms with Crippen molar-refractivity contribution in [3.8, 4) is 0 Å². The molecule has 2 heteroatoms. The number of nitrogens with two attached hydrogens (primary N) is 1. The Morgan fingerprint density at radius 3 is 2.43 bits per heavy atom. The Balaban J connectivity index is 1.66. The van der Waals surface area contributed by atoms with Crippen LogP contribution in [0.3, 0.4) is 0 Å². The van der Waals surface area contributed by atoms with Crippen LogP contribution in [0.4, 0.5) is 0 Å². The smallest absolute Gasteiger partial charge is 0.0468 e. The summed E-state index contributed by atoms with van der Waals surface area (Å²) in [6.45, 7) is 4.13. The van der Waals surface area contributed by atoms with Gasteiger partial charge in [-0.1, -0.05) is 0 Å². The van der Waals surface area contributed by atoms with Gasteiger partial charge in [0.25, 0.3) is 0 Å². The summed E-state index contributed by atoms with van der Waals surface area (Å²) in [6.07, 6.45) is 6.71. The van der Waals surface area contributed by atoms with E-state index in [0.717, 1.165) is 31.0 Å². The average molecular weight is 197 g/mol. The Labute approximate surface area is 87.2 Å². The Morgan fingerprint density at radius 2 is 1.86 bits per heavy atom. The molecule has 82 valence electrons. The second-order valence-corrected chi connectivity index (χ2v) is 5.26. The molecule has 0 aromatic heterocycles. The van der Waals surface area contributed by atoms with Crippen molar-refractivity contribution in [2.75, 3.05) is 13.2 Å². The third-order valence-corrected chi connectivity index (χ3v) is 3.91. The predicted octanol–water partition coefficient (Wildman–Crippen LogP) is 2.18. The van der Waals surface area contributed by atoms with E-state index in [4.69, 9.17) is 10.5 Å². The second-order valence-electron chi connectivity index (χ2n) is 5.26. The van der Waals surface area contributed by atoms with Gasteiger partial charge in [0.05, 0.1) is 0 Å². The summed E-state index contributed by atoms with van der Waals surface area (Å²) < 4.78 is 5.39. The number of hydrogen-bond acceptors (Lipinski definition) is 2. The van der Waals surface area contributed by atoms with Crippen molar-refractivity contribution in [2.24, 2.45) is 23.5 Å². The third-order valence-electron chi connectivity index (χ3n) is 3.91. The molecule has 2 rings (SSSR count). The van der Waals surface area contributed by atoms with Crippen molar-refractivity contribution in [3.05, 3.63) is 0 Å². The SMILES string of the molecule is CC(N)CC1CC(C2CCOCC2)C1. The van der Waals surface area contributed by atoms with Gasteiger partial charge in [-0.05, 0) is 56.8 Å². The fraction of sp³-hybridized carbons (Fsp3) is 1.00. The molecular weight excluding hydrogens is 174 g/mol. The molecule has 0 aromatic carbocycles. The van der Waals surface area contributed by atoms with Gasteiger partial charge in [-0.15, -0.1) is 0 Å². The largest absolute Gasteiger partial charge is 0.381 e. The minimum atomic E-state index is 0.399. The van der Waals surface area contributed by atoms with Gasteiger partial charge in [0.1, 0.15) is 0 Å². The topological polar surface area (TPSA) is 35.2 Å². The molecule has 1 heterocycles. The highest BCUT2D eigenvalue weighted by molar-refractivity contribution is 4.86. The molecule has 0 bridgehead atoms. The molecule has 2 fully saturated rings. The van der Waals surface area contributed by atoms with E-state index in [1.165, 1.54) is 32.1 Å². The van der Waals surface area contributed by atoms with Crippen LogP contribution in [-0.2, 0) is 4.74 Å². The standard InChI is InChI=1S/C12H23NO/c1-9(13)6-10-7-12(8-10)11-2-4-14-5-3-11/h9-12H,2-8,13H2,1H3. The second kappa shape index (κ2) is 4.63. The minimum absolute atomic E-state index is 0.399. The van der Waals surface area contributed by atoms with Crippen molar-refractivity contribution >= 4 is 0 Å².